The number of carbonyl (C=O) groups is 1. The molecule has 4 heteroatoms. The zero-order valence-electron chi connectivity index (χ0n) is 17.9. The van der Waals surface area contributed by atoms with Crippen LogP contribution in [0.5, 0.6) is 0 Å². The van der Waals surface area contributed by atoms with Gasteiger partial charge in [-0.15, -0.1) is 0 Å². The fraction of sp³-hybridized carbons (Fsp3) is 0.682. The Hall–Kier alpha value is -1.39. The minimum absolute atomic E-state index is 0.0790. The standard InChI is InChI=1S/C22H40N3O/c1-7-9-14-20(8-2)19-25(5,6)18-13-17-24(23(3)4)22(26)21-15-11-10-12-16-21/h10-12,15-16,20H,7-9,13-14,17-19H2,1-6H3/q+1. The molecule has 1 unspecified atom stereocenters. The highest BCUT2D eigenvalue weighted by Gasteiger charge is 2.23. The summed E-state index contributed by atoms with van der Waals surface area (Å²) in [5, 5.41) is 3.76. The molecule has 0 aliphatic heterocycles. The lowest BCUT2D eigenvalue weighted by atomic mass is 9.98. The van der Waals surface area contributed by atoms with E-state index in [4.69, 9.17) is 0 Å². The van der Waals surface area contributed by atoms with Crippen molar-refractivity contribution >= 4 is 5.91 Å². The fourth-order valence-electron chi connectivity index (χ4n) is 3.57. The van der Waals surface area contributed by atoms with Gasteiger partial charge in [0.15, 0.2) is 0 Å². The third-order valence-electron chi connectivity index (χ3n) is 5.17. The van der Waals surface area contributed by atoms with Gasteiger partial charge in [0.25, 0.3) is 5.91 Å². The van der Waals surface area contributed by atoms with Crippen LogP contribution in [0.2, 0.25) is 0 Å². The molecule has 4 nitrogen and oxygen atoms in total. The summed E-state index contributed by atoms with van der Waals surface area (Å²) in [6.07, 6.45) is 6.22. The number of amides is 1. The molecule has 148 valence electrons. The van der Waals surface area contributed by atoms with Crippen molar-refractivity contribution in [2.24, 2.45) is 5.92 Å². The maximum Gasteiger partial charge on any atom is 0.268 e. The number of carbonyl (C=O) groups excluding carboxylic acids is 1. The molecule has 0 N–H and O–H groups in total. The molecule has 0 fully saturated rings. The number of quaternary nitrogens is 1. The molecule has 0 spiro atoms. The van der Waals surface area contributed by atoms with Crippen LogP contribution >= 0.6 is 0 Å². The van der Waals surface area contributed by atoms with E-state index in [1.54, 1.807) is 0 Å². The van der Waals surface area contributed by atoms with Gasteiger partial charge >= 0.3 is 0 Å². The monoisotopic (exact) mass is 362 g/mol. The second-order valence-corrected chi connectivity index (χ2v) is 8.25. The van der Waals surface area contributed by atoms with E-state index in [2.05, 4.69) is 27.9 Å². The molecule has 0 saturated heterocycles. The maximum absolute atomic E-state index is 12.8. The normalized spacial score (nSPS) is 13.0. The van der Waals surface area contributed by atoms with E-state index in [0.29, 0.717) is 0 Å². The molecule has 0 radical (unpaired) electrons. The molecule has 1 amide bonds. The van der Waals surface area contributed by atoms with Crippen molar-refractivity contribution in [1.29, 1.82) is 0 Å². The first-order valence-corrected chi connectivity index (χ1v) is 10.2. The lowest BCUT2D eigenvalue weighted by molar-refractivity contribution is -0.894. The number of hydrazine groups is 1. The van der Waals surface area contributed by atoms with Crippen molar-refractivity contribution in [2.45, 2.75) is 46.0 Å². The third kappa shape index (κ3) is 7.88. The van der Waals surface area contributed by atoms with Crippen molar-refractivity contribution in [3.8, 4) is 0 Å². The number of rotatable bonds is 12. The predicted octanol–water partition coefficient (Wildman–Crippen LogP) is 4.29. The van der Waals surface area contributed by atoms with Crippen molar-refractivity contribution in [3.05, 3.63) is 35.9 Å². The Bertz CT molecular complexity index is 513. The second-order valence-electron chi connectivity index (χ2n) is 8.25. The molecule has 0 bridgehead atoms. The molecule has 1 rings (SSSR count). The van der Waals surface area contributed by atoms with E-state index in [9.17, 15) is 4.79 Å². The fourth-order valence-corrected chi connectivity index (χ4v) is 3.57. The summed E-state index contributed by atoms with van der Waals surface area (Å²) in [6.45, 7) is 7.66. The van der Waals surface area contributed by atoms with Gasteiger partial charge in [0.2, 0.25) is 0 Å². The highest BCUT2D eigenvalue weighted by molar-refractivity contribution is 5.93. The Balaban J connectivity index is 2.57. The Morgan fingerprint density at radius 1 is 1.08 bits per heavy atom. The zero-order chi connectivity index (χ0) is 19.6. The molecule has 0 heterocycles. The summed E-state index contributed by atoms with van der Waals surface area (Å²) in [6, 6.07) is 9.56. The van der Waals surface area contributed by atoms with Crippen LogP contribution in [0.15, 0.2) is 30.3 Å². The molecule has 0 aliphatic rings. The van der Waals surface area contributed by atoms with Crippen LogP contribution in [-0.4, -0.2) is 68.2 Å². The average molecular weight is 363 g/mol. The number of nitrogens with zero attached hydrogens (tertiary/aromatic N) is 3. The van der Waals surface area contributed by atoms with Crippen LogP contribution in [-0.2, 0) is 0 Å². The molecular formula is C22H40N3O+. The van der Waals surface area contributed by atoms with E-state index in [1.807, 2.05) is 54.4 Å². The zero-order valence-corrected chi connectivity index (χ0v) is 17.9. The molecule has 1 atom stereocenters. The summed E-state index contributed by atoms with van der Waals surface area (Å²) in [4.78, 5) is 12.8. The second kappa shape index (κ2) is 11.3. The largest absolute Gasteiger partial charge is 0.328 e. The van der Waals surface area contributed by atoms with Gasteiger partial charge in [0.1, 0.15) is 0 Å². The summed E-state index contributed by atoms with van der Waals surface area (Å²) >= 11 is 0. The Morgan fingerprint density at radius 2 is 1.73 bits per heavy atom. The lowest BCUT2D eigenvalue weighted by Gasteiger charge is -2.35. The topological polar surface area (TPSA) is 23.6 Å². The minimum Gasteiger partial charge on any atom is -0.328 e. The van der Waals surface area contributed by atoms with Crippen LogP contribution in [0.1, 0.15) is 56.3 Å². The van der Waals surface area contributed by atoms with Crippen LogP contribution in [0.25, 0.3) is 0 Å². The minimum atomic E-state index is 0.0790. The molecule has 0 aromatic heterocycles. The maximum atomic E-state index is 12.8. The molecular weight excluding hydrogens is 322 g/mol. The first-order chi connectivity index (χ1) is 12.3. The average Bonchev–Trinajstić information content (AvgIpc) is 2.62. The van der Waals surface area contributed by atoms with Crippen LogP contribution < -0.4 is 0 Å². The molecule has 0 aliphatic carbocycles. The van der Waals surface area contributed by atoms with E-state index >= 15 is 0 Å². The van der Waals surface area contributed by atoms with Gasteiger partial charge in [-0.2, -0.15) is 0 Å². The molecule has 26 heavy (non-hydrogen) atoms. The SMILES string of the molecule is CCCCC(CC)C[N+](C)(C)CCCN(C(=O)c1ccccc1)N(C)C. The number of hydrogen-bond donors (Lipinski definition) is 0. The van der Waals surface area contributed by atoms with Crippen molar-refractivity contribution < 1.29 is 9.28 Å². The Labute approximate surface area is 161 Å². The quantitative estimate of drug-likeness (QED) is 0.409. The Morgan fingerprint density at radius 3 is 2.27 bits per heavy atom. The number of hydrogen-bond acceptors (Lipinski definition) is 2. The van der Waals surface area contributed by atoms with E-state index in [-0.39, 0.29) is 5.91 Å². The van der Waals surface area contributed by atoms with E-state index in [0.717, 1.165) is 35.5 Å². The smallest absolute Gasteiger partial charge is 0.268 e. The first kappa shape index (κ1) is 22.7. The van der Waals surface area contributed by atoms with Gasteiger partial charge < -0.3 is 4.48 Å². The third-order valence-corrected chi connectivity index (χ3v) is 5.17. The number of unbranched alkanes of at least 4 members (excludes halogenated alkanes) is 1. The van der Waals surface area contributed by atoms with Gasteiger partial charge in [-0.3, -0.25) is 9.80 Å². The lowest BCUT2D eigenvalue weighted by Crippen LogP contribution is -2.47. The highest BCUT2D eigenvalue weighted by atomic mass is 16.2. The summed E-state index contributed by atoms with van der Waals surface area (Å²) in [5.41, 5.74) is 0.751. The van der Waals surface area contributed by atoms with Crippen LogP contribution in [0.4, 0.5) is 0 Å². The van der Waals surface area contributed by atoms with Crippen molar-refractivity contribution in [1.82, 2.24) is 10.0 Å². The molecule has 1 aromatic carbocycles. The Kier molecular flexibility index (Phi) is 9.89. The van der Waals surface area contributed by atoms with Gasteiger partial charge in [-0.05, 0) is 25.0 Å². The predicted molar refractivity (Wildman–Crippen MR) is 111 cm³/mol. The van der Waals surface area contributed by atoms with Gasteiger partial charge in [0, 0.05) is 38.5 Å². The van der Waals surface area contributed by atoms with Gasteiger partial charge in [-0.1, -0.05) is 44.9 Å². The van der Waals surface area contributed by atoms with Gasteiger partial charge in [-0.25, -0.2) is 5.01 Å². The summed E-state index contributed by atoms with van der Waals surface area (Å²) in [7, 11) is 8.54. The molecule has 0 saturated carbocycles. The van der Waals surface area contributed by atoms with Crippen molar-refractivity contribution in [2.75, 3.05) is 47.8 Å². The summed E-state index contributed by atoms with van der Waals surface area (Å²) in [5.74, 6) is 0.885. The van der Waals surface area contributed by atoms with E-state index in [1.165, 1.54) is 32.2 Å². The highest BCUT2D eigenvalue weighted by Crippen LogP contribution is 2.17. The van der Waals surface area contributed by atoms with Crippen molar-refractivity contribution in [3.63, 3.8) is 0 Å². The summed E-state index contributed by atoms with van der Waals surface area (Å²) < 4.78 is 1.03. The van der Waals surface area contributed by atoms with Crippen LogP contribution in [0, 0.1) is 5.92 Å². The van der Waals surface area contributed by atoms with E-state index < -0.39 is 0 Å². The first-order valence-electron chi connectivity index (χ1n) is 10.2. The van der Waals surface area contributed by atoms with Gasteiger partial charge in [0.05, 0.1) is 27.2 Å². The number of benzene rings is 1. The van der Waals surface area contributed by atoms with Crippen LogP contribution in [0.3, 0.4) is 0 Å². The molecule has 1 aromatic rings.